The van der Waals surface area contributed by atoms with Gasteiger partial charge in [0.25, 0.3) is 0 Å². The quantitative estimate of drug-likeness (QED) is 0.904. The van der Waals surface area contributed by atoms with Gasteiger partial charge >= 0.3 is 0 Å². The maximum Gasteiger partial charge on any atom is 0.250 e. The van der Waals surface area contributed by atoms with Crippen molar-refractivity contribution in [3.63, 3.8) is 0 Å². The summed E-state index contributed by atoms with van der Waals surface area (Å²) in [5, 5.41) is 3.40. The molecule has 0 aliphatic carbocycles. The Morgan fingerprint density at radius 2 is 2.42 bits per heavy atom. The molecule has 1 heterocycles. The summed E-state index contributed by atoms with van der Waals surface area (Å²) in [5.74, 6) is 0.250. The third-order valence-corrected chi connectivity index (χ3v) is 3.47. The van der Waals surface area contributed by atoms with E-state index in [9.17, 15) is 4.79 Å². The van der Waals surface area contributed by atoms with Gasteiger partial charge in [0.05, 0.1) is 13.2 Å². The Morgan fingerprint density at radius 3 is 3.11 bits per heavy atom. The maximum atomic E-state index is 11.7. The van der Waals surface area contributed by atoms with E-state index in [0.29, 0.717) is 23.2 Å². The van der Waals surface area contributed by atoms with Gasteiger partial charge < -0.3 is 14.8 Å². The van der Waals surface area contributed by atoms with Gasteiger partial charge in [-0.15, -0.1) is 0 Å². The van der Waals surface area contributed by atoms with E-state index in [0.717, 1.165) is 25.2 Å². The molecule has 2 rings (SSSR count). The molecule has 1 saturated heterocycles. The summed E-state index contributed by atoms with van der Waals surface area (Å²) < 4.78 is 10.6. The summed E-state index contributed by atoms with van der Waals surface area (Å²) in [7, 11) is 0. The van der Waals surface area contributed by atoms with Crippen LogP contribution in [0, 0.1) is 12.8 Å². The first-order valence-electron chi connectivity index (χ1n) is 6.36. The predicted octanol–water partition coefficient (Wildman–Crippen LogP) is 2.64. The van der Waals surface area contributed by atoms with Crippen LogP contribution in [0.1, 0.15) is 12.0 Å². The lowest BCUT2D eigenvalue weighted by atomic mass is 10.1. The standard InChI is InChI=1S/C14H18ClNO3/c1-10-2-3-12(6-13(10)15)16-14(17)9-19-8-11-4-5-18-7-11/h2-3,6,11H,4-5,7-9H2,1H3,(H,16,17)/t11-/m1/s1. The second-order valence-electron chi connectivity index (χ2n) is 4.76. The van der Waals surface area contributed by atoms with Crippen LogP contribution < -0.4 is 5.32 Å². The third-order valence-electron chi connectivity index (χ3n) is 3.07. The van der Waals surface area contributed by atoms with E-state index in [-0.39, 0.29) is 12.5 Å². The minimum Gasteiger partial charge on any atom is -0.381 e. The number of halogens is 1. The number of hydrogen-bond donors (Lipinski definition) is 1. The Hall–Kier alpha value is -1.10. The van der Waals surface area contributed by atoms with E-state index in [1.165, 1.54) is 0 Å². The van der Waals surface area contributed by atoms with Gasteiger partial charge in [0.1, 0.15) is 6.61 Å². The van der Waals surface area contributed by atoms with Crippen LogP contribution in [0.5, 0.6) is 0 Å². The van der Waals surface area contributed by atoms with Crippen LogP contribution in [-0.2, 0) is 14.3 Å². The van der Waals surface area contributed by atoms with Crippen molar-refractivity contribution in [1.82, 2.24) is 0 Å². The van der Waals surface area contributed by atoms with Crippen molar-refractivity contribution in [3.8, 4) is 0 Å². The summed E-state index contributed by atoms with van der Waals surface area (Å²) in [6, 6.07) is 5.43. The topological polar surface area (TPSA) is 47.6 Å². The highest BCUT2D eigenvalue weighted by Crippen LogP contribution is 2.19. The largest absolute Gasteiger partial charge is 0.381 e. The molecule has 0 unspecified atom stereocenters. The average Bonchev–Trinajstić information content (AvgIpc) is 2.87. The molecule has 1 N–H and O–H groups in total. The number of ether oxygens (including phenoxy) is 2. The number of aryl methyl sites for hydroxylation is 1. The summed E-state index contributed by atoms with van der Waals surface area (Å²) >= 11 is 5.99. The van der Waals surface area contributed by atoms with E-state index in [1.807, 2.05) is 19.1 Å². The zero-order chi connectivity index (χ0) is 13.7. The minimum atomic E-state index is -0.168. The Labute approximate surface area is 118 Å². The smallest absolute Gasteiger partial charge is 0.250 e. The lowest BCUT2D eigenvalue weighted by molar-refractivity contribution is -0.121. The molecule has 1 aliphatic heterocycles. The highest BCUT2D eigenvalue weighted by Gasteiger charge is 2.16. The number of rotatable bonds is 5. The van der Waals surface area contributed by atoms with Gasteiger partial charge in [-0.3, -0.25) is 4.79 Å². The molecular weight excluding hydrogens is 266 g/mol. The number of carbonyl (C=O) groups excluding carboxylic acids is 1. The molecule has 0 aromatic heterocycles. The molecule has 1 aliphatic rings. The summed E-state index contributed by atoms with van der Waals surface area (Å²) in [6.07, 6.45) is 1.01. The van der Waals surface area contributed by atoms with Crippen LogP contribution in [0.3, 0.4) is 0 Å². The Morgan fingerprint density at radius 1 is 1.58 bits per heavy atom. The molecule has 1 aromatic carbocycles. The highest BCUT2D eigenvalue weighted by molar-refractivity contribution is 6.31. The number of hydrogen-bond acceptors (Lipinski definition) is 3. The van der Waals surface area contributed by atoms with Crippen molar-refractivity contribution in [2.75, 3.05) is 31.7 Å². The molecule has 19 heavy (non-hydrogen) atoms. The van der Waals surface area contributed by atoms with Gasteiger partial charge in [0, 0.05) is 23.2 Å². The Bertz CT molecular complexity index is 444. The molecule has 1 atom stereocenters. The van der Waals surface area contributed by atoms with E-state index in [1.54, 1.807) is 6.07 Å². The number of anilines is 1. The molecule has 0 radical (unpaired) electrons. The fourth-order valence-electron chi connectivity index (χ4n) is 1.90. The van der Waals surface area contributed by atoms with Gasteiger partial charge in [-0.25, -0.2) is 0 Å². The molecule has 1 aromatic rings. The maximum absolute atomic E-state index is 11.7. The molecule has 0 bridgehead atoms. The lowest BCUT2D eigenvalue weighted by Gasteiger charge is -2.09. The van der Waals surface area contributed by atoms with Crippen molar-refractivity contribution in [2.24, 2.45) is 5.92 Å². The minimum absolute atomic E-state index is 0.0575. The molecule has 1 fully saturated rings. The number of carbonyl (C=O) groups is 1. The summed E-state index contributed by atoms with van der Waals surface area (Å²) in [5.41, 5.74) is 1.67. The van der Waals surface area contributed by atoms with E-state index >= 15 is 0 Å². The molecule has 0 spiro atoms. The first-order chi connectivity index (χ1) is 9.15. The van der Waals surface area contributed by atoms with Gasteiger partial charge in [-0.2, -0.15) is 0 Å². The van der Waals surface area contributed by atoms with E-state index in [2.05, 4.69) is 5.32 Å². The van der Waals surface area contributed by atoms with Gasteiger partial charge in [0.15, 0.2) is 0 Å². The highest BCUT2D eigenvalue weighted by atomic mass is 35.5. The molecule has 104 valence electrons. The first kappa shape index (κ1) is 14.3. The van der Waals surface area contributed by atoms with Crippen molar-refractivity contribution in [2.45, 2.75) is 13.3 Å². The van der Waals surface area contributed by atoms with Crippen molar-refractivity contribution >= 4 is 23.2 Å². The number of benzene rings is 1. The fourth-order valence-corrected chi connectivity index (χ4v) is 2.08. The van der Waals surface area contributed by atoms with E-state index in [4.69, 9.17) is 21.1 Å². The second-order valence-corrected chi connectivity index (χ2v) is 5.16. The molecular formula is C14H18ClNO3. The zero-order valence-corrected chi connectivity index (χ0v) is 11.7. The molecule has 0 saturated carbocycles. The first-order valence-corrected chi connectivity index (χ1v) is 6.74. The monoisotopic (exact) mass is 283 g/mol. The molecule has 5 heteroatoms. The predicted molar refractivity (Wildman–Crippen MR) is 74.6 cm³/mol. The van der Waals surface area contributed by atoms with Crippen LogP contribution in [0.2, 0.25) is 5.02 Å². The van der Waals surface area contributed by atoms with Crippen LogP contribution in [0.15, 0.2) is 18.2 Å². The Balaban J connectivity index is 1.72. The molecule has 4 nitrogen and oxygen atoms in total. The second kappa shape index (κ2) is 6.89. The van der Waals surface area contributed by atoms with Gasteiger partial charge in [0.2, 0.25) is 5.91 Å². The number of nitrogens with one attached hydrogen (secondary N) is 1. The lowest BCUT2D eigenvalue weighted by Crippen LogP contribution is -2.21. The Kier molecular flexibility index (Phi) is 5.19. The molecule has 1 amide bonds. The normalized spacial score (nSPS) is 18.5. The van der Waals surface area contributed by atoms with Gasteiger partial charge in [-0.1, -0.05) is 17.7 Å². The van der Waals surface area contributed by atoms with Crippen molar-refractivity contribution in [1.29, 1.82) is 0 Å². The fraction of sp³-hybridized carbons (Fsp3) is 0.500. The average molecular weight is 284 g/mol. The summed E-state index contributed by atoms with van der Waals surface area (Å²) in [6.45, 7) is 4.07. The van der Waals surface area contributed by atoms with Crippen LogP contribution >= 0.6 is 11.6 Å². The number of amides is 1. The van der Waals surface area contributed by atoms with Crippen molar-refractivity contribution < 1.29 is 14.3 Å². The van der Waals surface area contributed by atoms with Crippen LogP contribution in [0.25, 0.3) is 0 Å². The van der Waals surface area contributed by atoms with Crippen LogP contribution in [-0.4, -0.2) is 32.3 Å². The summed E-state index contributed by atoms with van der Waals surface area (Å²) in [4.78, 5) is 11.7. The SMILES string of the molecule is Cc1ccc(NC(=O)COC[C@@H]2CCOC2)cc1Cl. The zero-order valence-electron chi connectivity index (χ0n) is 10.9. The van der Waals surface area contributed by atoms with Gasteiger partial charge in [-0.05, 0) is 31.0 Å². The van der Waals surface area contributed by atoms with Crippen molar-refractivity contribution in [3.05, 3.63) is 28.8 Å². The van der Waals surface area contributed by atoms with Crippen LogP contribution in [0.4, 0.5) is 5.69 Å². The van der Waals surface area contributed by atoms with E-state index < -0.39 is 0 Å². The third kappa shape index (κ3) is 4.49.